The zero-order valence-electron chi connectivity index (χ0n) is 14.6. The molecule has 0 unspecified atom stereocenters. The lowest BCUT2D eigenvalue weighted by Gasteiger charge is -2.50. The highest BCUT2D eigenvalue weighted by atomic mass is 79.9. The predicted octanol–water partition coefficient (Wildman–Crippen LogP) is 1.68. The molecule has 2 aliphatic rings. The summed E-state index contributed by atoms with van der Waals surface area (Å²) in [5.74, 6) is -2.52. The highest BCUT2D eigenvalue weighted by molar-refractivity contribution is 9.09. The van der Waals surface area contributed by atoms with Crippen LogP contribution in [0.2, 0.25) is 0 Å². The molecule has 2 bridgehead atoms. The van der Waals surface area contributed by atoms with Crippen LogP contribution < -0.4 is 0 Å². The summed E-state index contributed by atoms with van der Waals surface area (Å²) in [5.41, 5.74) is -3.97. The number of nitrogens with zero attached hydrogens (tertiary/aromatic N) is 3. The molecule has 0 saturated carbocycles. The van der Waals surface area contributed by atoms with Gasteiger partial charge in [0.05, 0.1) is 13.1 Å². The molecule has 27 heavy (non-hydrogen) atoms. The van der Waals surface area contributed by atoms with Crippen LogP contribution in [-0.4, -0.2) is 56.8 Å². The number of halogens is 1. The smallest absolute Gasteiger partial charge is 0.300 e. The van der Waals surface area contributed by atoms with Crippen molar-refractivity contribution in [1.29, 1.82) is 0 Å². The van der Waals surface area contributed by atoms with Gasteiger partial charge in [0.25, 0.3) is 5.54 Å². The molecule has 144 valence electrons. The van der Waals surface area contributed by atoms with Crippen molar-refractivity contribution in [3.63, 3.8) is 0 Å². The summed E-state index contributed by atoms with van der Waals surface area (Å²) in [6.45, 7) is 1.20. The Morgan fingerprint density at radius 2 is 1.81 bits per heavy atom. The van der Waals surface area contributed by atoms with E-state index in [1.54, 1.807) is 11.0 Å². The molecule has 3 atom stereocenters. The molecule has 0 aromatic heterocycles. The van der Waals surface area contributed by atoms with Gasteiger partial charge in [0, 0.05) is 39.3 Å². The van der Waals surface area contributed by atoms with Crippen molar-refractivity contribution in [2.45, 2.75) is 24.4 Å². The lowest BCUT2D eigenvalue weighted by molar-refractivity contribution is -0.640. The quantitative estimate of drug-likeness (QED) is 0.375. The summed E-state index contributed by atoms with van der Waals surface area (Å²) in [7, 11) is 0. The third kappa shape index (κ3) is 2.61. The first kappa shape index (κ1) is 19.6. The van der Waals surface area contributed by atoms with Crippen LogP contribution in [0.1, 0.15) is 29.3 Å². The molecule has 9 nitrogen and oxygen atoms in total. The lowest BCUT2D eigenvalue weighted by Crippen LogP contribution is -2.75. The number of hydrogen-bond donors (Lipinski definition) is 0. The fourth-order valence-corrected chi connectivity index (χ4v) is 5.10. The van der Waals surface area contributed by atoms with Crippen LogP contribution in [0.4, 0.5) is 0 Å². The Hall–Kier alpha value is -2.20. The largest absolute Gasteiger partial charge is 0.306 e. The Bertz CT molecular complexity index is 846. The fourth-order valence-electron chi connectivity index (χ4n) is 4.60. The molecule has 1 fully saturated rings. The van der Waals surface area contributed by atoms with E-state index in [9.17, 15) is 29.8 Å². The van der Waals surface area contributed by atoms with E-state index in [1.807, 2.05) is 0 Å². The van der Waals surface area contributed by atoms with Crippen molar-refractivity contribution in [3.8, 4) is 0 Å². The van der Waals surface area contributed by atoms with Crippen LogP contribution in [0.25, 0.3) is 0 Å². The van der Waals surface area contributed by atoms with Gasteiger partial charge in [-0.25, -0.2) is 0 Å². The molecule has 1 aromatic carbocycles. The average molecular weight is 440 g/mol. The van der Waals surface area contributed by atoms with Crippen molar-refractivity contribution >= 4 is 27.5 Å². The molecule has 1 aliphatic carbocycles. The minimum atomic E-state index is -2.23. The number of ketones is 2. The molecule has 0 spiro atoms. The number of piperidine rings is 1. The maximum Gasteiger partial charge on any atom is 0.306 e. The summed E-state index contributed by atoms with van der Waals surface area (Å²) in [5, 5.41) is 25.1. The standard InChI is InChI=1S/C17H18BrN3O6/c1-11(22)8-14-16(20(24)25)9-19(7-6-18)10-17(14,21(26)27)15(23)12-4-2-3-5-13(12)16/h2-5,14H,6-10H2,1H3/t14-,16+,17-/m0/s1. The first-order valence-corrected chi connectivity index (χ1v) is 9.55. The van der Waals surface area contributed by atoms with Crippen molar-refractivity contribution < 1.29 is 19.4 Å². The van der Waals surface area contributed by atoms with Crippen LogP contribution in [-0.2, 0) is 10.3 Å². The van der Waals surface area contributed by atoms with E-state index < -0.39 is 44.8 Å². The highest BCUT2D eigenvalue weighted by Crippen LogP contribution is 2.53. The van der Waals surface area contributed by atoms with Crippen LogP contribution in [0, 0.1) is 26.1 Å². The van der Waals surface area contributed by atoms with E-state index in [2.05, 4.69) is 15.9 Å². The second-order valence-electron chi connectivity index (χ2n) is 7.10. The molecule has 3 rings (SSSR count). The van der Waals surface area contributed by atoms with Crippen LogP contribution in [0.15, 0.2) is 24.3 Å². The maximum absolute atomic E-state index is 13.3. The van der Waals surface area contributed by atoms with Crippen molar-refractivity contribution in [1.82, 2.24) is 4.90 Å². The maximum atomic E-state index is 13.3. The first-order chi connectivity index (χ1) is 12.7. The molecule has 0 amide bonds. The van der Waals surface area contributed by atoms with Gasteiger partial charge in [0.15, 0.2) is 0 Å². The molecule has 0 radical (unpaired) electrons. The van der Waals surface area contributed by atoms with Gasteiger partial charge in [-0.3, -0.25) is 29.9 Å². The van der Waals surface area contributed by atoms with Crippen LogP contribution in [0.5, 0.6) is 0 Å². The SMILES string of the molecule is CC(=O)C[C@@H]1[C@@]2([N+](=O)[O-])CN(CCBr)C[C@@]1([N+](=O)[O-])c1ccccc1C2=O. The number of carbonyl (C=O) groups excluding carboxylic acids is 2. The Morgan fingerprint density at radius 3 is 2.37 bits per heavy atom. The zero-order valence-corrected chi connectivity index (χ0v) is 16.2. The molecule has 1 aromatic rings. The average Bonchev–Trinajstić information content (AvgIpc) is 2.60. The summed E-state index contributed by atoms with van der Waals surface area (Å²) >= 11 is 3.26. The van der Waals surface area contributed by atoms with Gasteiger partial charge in [-0.2, -0.15) is 0 Å². The van der Waals surface area contributed by atoms with Gasteiger partial charge in [-0.15, -0.1) is 0 Å². The third-order valence-corrected chi connectivity index (χ3v) is 6.01. The fraction of sp³-hybridized carbons (Fsp3) is 0.529. The predicted molar refractivity (Wildman–Crippen MR) is 98.2 cm³/mol. The van der Waals surface area contributed by atoms with Crippen molar-refractivity contribution in [3.05, 3.63) is 55.6 Å². The first-order valence-electron chi connectivity index (χ1n) is 8.43. The van der Waals surface area contributed by atoms with E-state index in [0.29, 0.717) is 11.9 Å². The van der Waals surface area contributed by atoms with Crippen LogP contribution >= 0.6 is 15.9 Å². The number of rotatable bonds is 6. The number of fused-ring (bicyclic) bond motifs is 4. The zero-order chi connectivity index (χ0) is 20.0. The lowest BCUT2D eigenvalue weighted by atomic mass is 9.56. The minimum absolute atomic E-state index is 0.00388. The van der Waals surface area contributed by atoms with Gasteiger partial charge in [-0.05, 0) is 6.92 Å². The van der Waals surface area contributed by atoms with Gasteiger partial charge in [0.2, 0.25) is 5.78 Å². The Labute approximate surface area is 163 Å². The second-order valence-corrected chi connectivity index (χ2v) is 7.89. The van der Waals surface area contributed by atoms with Crippen molar-refractivity contribution in [2.75, 3.05) is 25.0 Å². The Morgan fingerprint density at radius 1 is 1.22 bits per heavy atom. The normalized spacial score (nSPS) is 29.9. The molecular formula is C17H18BrN3O6. The van der Waals surface area contributed by atoms with E-state index >= 15 is 0 Å². The number of likely N-dealkylation sites (tertiary alicyclic amines) is 1. The molecule has 0 N–H and O–H groups in total. The Kier molecular flexibility index (Phi) is 4.89. The number of carbonyl (C=O) groups is 2. The number of Topliss-reactive ketones (excluding diaryl/α,β-unsaturated/α-hetero) is 2. The summed E-state index contributed by atoms with van der Waals surface area (Å²) in [6, 6.07) is 5.99. The number of nitro groups is 2. The second kappa shape index (κ2) is 6.75. The topological polar surface area (TPSA) is 124 Å². The van der Waals surface area contributed by atoms with Gasteiger partial charge in [-0.1, -0.05) is 40.2 Å². The van der Waals surface area contributed by atoms with E-state index in [0.717, 1.165) is 0 Å². The van der Waals surface area contributed by atoms with E-state index in [4.69, 9.17) is 0 Å². The molecule has 1 saturated heterocycles. The summed E-state index contributed by atoms with van der Waals surface area (Å²) in [6.07, 6.45) is -0.399. The monoisotopic (exact) mass is 439 g/mol. The van der Waals surface area contributed by atoms with Crippen LogP contribution in [0.3, 0.4) is 0 Å². The number of alkyl halides is 1. The molecule has 1 aliphatic heterocycles. The molecule has 1 heterocycles. The van der Waals surface area contributed by atoms with E-state index in [-0.39, 0.29) is 24.2 Å². The Balaban J connectivity index is 2.39. The van der Waals surface area contributed by atoms with E-state index in [1.165, 1.54) is 25.1 Å². The highest BCUT2D eigenvalue weighted by Gasteiger charge is 2.77. The van der Waals surface area contributed by atoms with Crippen molar-refractivity contribution in [2.24, 2.45) is 5.92 Å². The molecular weight excluding hydrogens is 422 g/mol. The third-order valence-electron chi connectivity index (χ3n) is 5.66. The number of benzene rings is 1. The molecule has 10 heteroatoms. The minimum Gasteiger partial charge on any atom is -0.300 e. The summed E-state index contributed by atoms with van der Waals surface area (Å²) < 4.78 is 0. The summed E-state index contributed by atoms with van der Waals surface area (Å²) in [4.78, 5) is 50.1. The van der Waals surface area contributed by atoms with Gasteiger partial charge in [0.1, 0.15) is 11.7 Å². The van der Waals surface area contributed by atoms with Gasteiger partial charge < -0.3 is 4.79 Å². The van der Waals surface area contributed by atoms with Gasteiger partial charge >= 0.3 is 5.54 Å². The number of hydrogen-bond acceptors (Lipinski definition) is 7.